The number of imidazole rings is 1. The van der Waals surface area contributed by atoms with Gasteiger partial charge in [-0.25, -0.2) is 9.78 Å². The van der Waals surface area contributed by atoms with E-state index in [2.05, 4.69) is 4.98 Å². The highest BCUT2D eigenvalue weighted by Crippen LogP contribution is 2.05. The molecule has 0 radical (unpaired) electrons. The molecule has 0 aliphatic rings. The van der Waals surface area contributed by atoms with Crippen molar-refractivity contribution in [1.29, 1.82) is 0 Å². The van der Waals surface area contributed by atoms with Crippen LogP contribution in [-0.4, -0.2) is 47.3 Å². The zero-order valence-corrected chi connectivity index (χ0v) is 13.1. The van der Waals surface area contributed by atoms with Crippen LogP contribution in [0.5, 0.6) is 0 Å². The highest BCUT2D eigenvalue weighted by atomic mass is 16.3. The fraction of sp³-hybridized carbons (Fsp3) is 0.615. The van der Waals surface area contributed by atoms with Crippen molar-refractivity contribution < 1.29 is 10.2 Å². The Balaban J connectivity index is 2.23. The molecule has 0 amide bonds. The molecule has 6 N–H and O–H groups in total. The maximum absolute atomic E-state index is 12.4. The maximum Gasteiger partial charge on any atom is 0.332 e. The van der Waals surface area contributed by atoms with Crippen molar-refractivity contribution in [3.05, 3.63) is 27.2 Å². The third-order valence-corrected chi connectivity index (χ3v) is 3.91. The largest absolute Gasteiger partial charge is 0.387 e. The van der Waals surface area contributed by atoms with Gasteiger partial charge in [-0.3, -0.25) is 13.9 Å². The molecule has 0 aromatic carbocycles. The van der Waals surface area contributed by atoms with Gasteiger partial charge >= 0.3 is 5.69 Å². The normalized spacial score (nSPS) is 15.7. The topological polar surface area (TPSA) is 154 Å². The van der Waals surface area contributed by atoms with Crippen LogP contribution in [0.4, 0.5) is 0 Å². The Hall–Kier alpha value is -2.01. The van der Waals surface area contributed by atoms with E-state index in [1.807, 2.05) is 0 Å². The van der Waals surface area contributed by atoms with Gasteiger partial charge in [0.15, 0.2) is 11.2 Å². The van der Waals surface area contributed by atoms with Gasteiger partial charge in [-0.05, 0) is 12.8 Å². The molecule has 23 heavy (non-hydrogen) atoms. The molecule has 0 fully saturated rings. The molecule has 3 atom stereocenters. The minimum absolute atomic E-state index is 0.147. The third kappa shape index (κ3) is 3.20. The standard InChI is InChI=1S/C13H22N6O4/c1-17-6-16-11-8(17)12(22)19(13(23)18(11)2)5-3-4-7(14)9(20)10(15)21/h6-7,9-10,20-21H,3-5,14-15H2,1-2H3. The Labute approximate surface area is 131 Å². The molecule has 0 spiro atoms. The molecule has 10 nitrogen and oxygen atoms in total. The van der Waals surface area contributed by atoms with Crippen LogP contribution in [0.3, 0.4) is 0 Å². The van der Waals surface area contributed by atoms with Crippen molar-refractivity contribution in [3.8, 4) is 0 Å². The van der Waals surface area contributed by atoms with Crippen LogP contribution in [0.15, 0.2) is 15.9 Å². The summed E-state index contributed by atoms with van der Waals surface area (Å²) in [5.74, 6) is 0. The predicted molar refractivity (Wildman–Crippen MR) is 83.6 cm³/mol. The van der Waals surface area contributed by atoms with Crippen molar-refractivity contribution in [2.24, 2.45) is 25.6 Å². The summed E-state index contributed by atoms with van der Waals surface area (Å²) < 4.78 is 3.99. The van der Waals surface area contributed by atoms with E-state index in [0.29, 0.717) is 24.0 Å². The van der Waals surface area contributed by atoms with Gasteiger partial charge in [-0.15, -0.1) is 0 Å². The Morgan fingerprint density at radius 1 is 1.26 bits per heavy atom. The Kier molecular flexibility index (Phi) is 5.00. The summed E-state index contributed by atoms with van der Waals surface area (Å²) in [7, 11) is 3.23. The van der Waals surface area contributed by atoms with Crippen LogP contribution in [0.1, 0.15) is 12.8 Å². The van der Waals surface area contributed by atoms with Gasteiger partial charge in [0.2, 0.25) is 0 Å². The molecular formula is C13H22N6O4. The molecule has 0 saturated heterocycles. The van der Waals surface area contributed by atoms with E-state index in [4.69, 9.17) is 16.6 Å². The van der Waals surface area contributed by atoms with E-state index in [1.165, 1.54) is 10.9 Å². The minimum Gasteiger partial charge on any atom is -0.387 e. The van der Waals surface area contributed by atoms with Crippen LogP contribution in [0.2, 0.25) is 0 Å². The number of nitrogens with two attached hydrogens (primary N) is 2. The molecular weight excluding hydrogens is 304 g/mol. The number of aliphatic hydroxyl groups excluding tert-OH is 2. The highest BCUT2D eigenvalue weighted by Gasteiger charge is 2.20. The van der Waals surface area contributed by atoms with Crippen molar-refractivity contribution in [3.63, 3.8) is 0 Å². The molecule has 128 valence electrons. The van der Waals surface area contributed by atoms with E-state index < -0.39 is 29.6 Å². The quantitative estimate of drug-likeness (QED) is 0.417. The van der Waals surface area contributed by atoms with Crippen LogP contribution in [0.25, 0.3) is 11.2 Å². The fourth-order valence-electron chi connectivity index (χ4n) is 2.50. The van der Waals surface area contributed by atoms with E-state index in [-0.39, 0.29) is 6.54 Å². The number of rotatable bonds is 6. The first kappa shape index (κ1) is 17.3. The molecule has 2 heterocycles. The van der Waals surface area contributed by atoms with Gasteiger partial charge in [0.25, 0.3) is 5.56 Å². The monoisotopic (exact) mass is 326 g/mol. The zero-order chi connectivity index (χ0) is 17.3. The smallest absolute Gasteiger partial charge is 0.332 e. The second kappa shape index (κ2) is 6.62. The van der Waals surface area contributed by atoms with E-state index in [9.17, 15) is 14.7 Å². The summed E-state index contributed by atoms with van der Waals surface area (Å²) in [4.78, 5) is 28.8. The van der Waals surface area contributed by atoms with Gasteiger partial charge in [0.05, 0.1) is 6.33 Å². The van der Waals surface area contributed by atoms with Crippen LogP contribution in [-0.2, 0) is 20.6 Å². The Morgan fingerprint density at radius 2 is 1.91 bits per heavy atom. The lowest BCUT2D eigenvalue weighted by Crippen LogP contribution is -2.47. The second-order valence-electron chi connectivity index (χ2n) is 5.61. The summed E-state index contributed by atoms with van der Waals surface area (Å²) in [5, 5.41) is 18.6. The fourth-order valence-corrected chi connectivity index (χ4v) is 2.50. The van der Waals surface area contributed by atoms with Crippen LogP contribution < -0.4 is 22.7 Å². The molecule has 2 rings (SSSR count). The summed E-state index contributed by atoms with van der Waals surface area (Å²) in [6.45, 7) is 0.147. The number of hydrogen-bond donors (Lipinski definition) is 4. The van der Waals surface area contributed by atoms with Gasteiger partial charge in [-0.2, -0.15) is 0 Å². The van der Waals surface area contributed by atoms with Gasteiger partial charge < -0.3 is 26.2 Å². The first-order valence-electron chi connectivity index (χ1n) is 7.23. The first-order chi connectivity index (χ1) is 10.8. The number of fused-ring (bicyclic) bond motifs is 1. The molecule has 2 aromatic rings. The molecule has 2 aromatic heterocycles. The maximum atomic E-state index is 12.4. The second-order valence-corrected chi connectivity index (χ2v) is 5.61. The minimum atomic E-state index is -1.42. The lowest BCUT2D eigenvalue weighted by Gasteiger charge is -2.20. The predicted octanol–water partition coefficient (Wildman–Crippen LogP) is -2.82. The summed E-state index contributed by atoms with van der Waals surface area (Å²) in [5.41, 5.74) is 10.7. The van der Waals surface area contributed by atoms with E-state index in [0.717, 1.165) is 4.57 Å². The summed E-state index contributed by atoms with van der Waals surface area (Å²) in [6, 6.07) is -0.741. The molecule has 0 aliphatic carbocycles. The number of aliphatic hydroxyl groups is 2. The SMILES string of the molecule is Cn1cnc2c1c(=O)n(CCCC(N)C(O)C(N)O)c(=O)n2C. The van der Waals surface area contributed by atoms with Crippen molar-refractivity contribution in [1.82, 2.24) is 18.7 Å². The Morgan fingerprint density at radius 3 is 2.52 bits per heavy atom. The van der Waals surface area contributed by atoms with Gasteiger partial charge in [0.1, 0.15) is 12.3 Å². The summed E-state index contributed by atoms with van der Waals surface area (Å²) in [6.07, 6.45) is -0.525. The first-order valence-corrected chi connectivity index (χ1v) is 7.23. The zero-order valence-electron chi connectivity index (χ0n) is 13.1. The molecule has 3 unspecified atom stereocenters. The van der Waals surface area contributed by atoms with Crippen LogP contribution in [0, 0.1) is 0 Å². The number of aromatic nitrogens is 4. The van der Waals surface area contributed by atoms with Gasteiger partial charge in [-0.1, -0.05) is 0 Å². The lowest BCUT2D eigenvalue weighted by atomic mass is 10.1. The number of aryl methyl sites for hydroxylation is 2. The van der Waals surface area contributed by atoms with E-state index in [1.54, 1.807) is 18.7 Å². The number of nitrogens with zero attached hydrogens (tertiary/aromatic N) is 4. The van der Waals surface area contributed by atoms with E-state index >= 15 is 0 Å². The van der Waals surface area contributed by atoms with Gasteiger partial charge in [0, 0.05) is 26.7 Å². The third-order valence-electron chi connectivity index (χ3n) is 3.91. The average molecular weight is 326 g/mol. The number of hydrogen-bond acceptors (Lipinski definition) is 7. The molecule has 0 bridgehead atoms. The van der Waals surface area contributed by atoms with Crippen molar-refractivity contribution >= 4 is 11.2 Å². The Bertz CT molecular complexity index is 805. The molecule has 0 aliphatic heterocycles. The highest BCUT2D eigenvalue weighted by molar-refractivity contribution is 5.69. The van der Waals surface area contributed by atoms with Crippen molar-refractivity contribution in [2.75, 3.05) is 0 Å². The van der Waals surface area contributed by atoms with Crippen LogP contribution >= 0.6 is 0 Å². The van der Waals surface area contributed by atoms with Crippen molar-refractivity contribution in [2.45, 2.75) is 37.8 Å². The molecule has 0 saturated carbocycles. The lowest BCUT2D eigenvalue weighted by molar-refractivity contribution is 0.00592. The molecule has 10 heteroatoms. The average Bonchev–Trinajstić information content (AvgIpc) is 2.89. The summed E-state index contributed by atoms with van der Waals surface area (Å²) >= 11 is 0.